The molecular weight excluding hydrogens is 447 g/mol. The predicted molar refractivity (Wildman–Crippen MR) is 119 cm³/mol. The fourth-order valence-electron chi connectivity index (χ4n) is 3.71. The second-order valence-corrected chi connectivity index (χ2v) is 9.71. The zero-order chi connectivity index (χ0) is 23.3. The highest BCUT2D eigenvalue weighted by atomic mass is 32.2. The summed E-state index contributed by atoms with van der Waals surface area (Å²) in [5.74, 6) is 0.0234. The molecular formula is C22H25FN6O3S. The number of amides is 1. The molecule has 2 heterocycles. The molecule has 9 nitrogen and oxygen atoms in total. The first-order chi connectivity index (χ1) is 15.9. The van der Waals surface area contributed by atoms with Crippen LogP contribution in [0.1, 0.15) is 19.3 Å². The van der Waals surface area contributed by atoms with Crippen molar-refractivity contribution in [2.24, 2.45) is 0 Å². The highest BCUT2D eigenvalue weighted by Crippen LogP contribution is 2.19. The first-order valence-electron chi connectivity index (χ1n) is 10.8. The quantitative estimate of drug-likeness (QED) is 0.522. The number of nitrogens with zero attached hydrogens (tertiary/aromatic N) is 6. The second-order valence-electron chi connectivity index (χ2n) is 7.77. The van der Waals surface area contributed by atoms with E-state index in [1.54, 1.807) is 4.90 Å². The number of hydrogen-bond donors (Lipinski definition) is 0. The summed E-state index contributed by atoms with van der Waals surface area (Å²) in [6.45, 7) is 1.79. The molecule has 11 heteroatoms. The number of tetrazole rings is 1. The van der Waals surface area contributed by atoms with E-state index in [9.17, 15) is 17.6 Å². The molecule has 33 heavy (non-hydrogen) atoms. The molecule has 2 aromatic carbocycles. The minimum absolute atomic E-state index is 0.0283. The van der Waals surface area contributed by atoms with E-state index in [1.807, 2.05) is 30.3 Å². The maximum absolute atomic E-state index is 13.1. The first-order valence-corrected chi connectivity index (χ1v) is 12.2. The van der Waals surface area contributed by atoms with Gasteiger partial charge in [-0.2, -0.15) is 9.10 Å². The van der Waals surface area contributed by atoms with Gasteiger partial charge in [0.15, 0.2) is 0 Å². The Kier molecular flexibility index (Phi) is 7.09. The van der Waals surface area contributed by atoms with Gasteiger partial charge >= 0.3 is 0 Å². The van der Waals surface area contributed by atoms with Crippen LogP contribution in [0.2, 0.25) is 0 Å². The van der Waals surface area contributed by atoms with Gasteiger partial charge in [0.1, 0.15) is 5.82 Å². The number of benzene rings is 2. The Labute approximate surface area is 191 Å². The minimum atomic E-state index is -3.72. The molecule has 0 aliphatic carbocycles. The van der Waals surface area contributed by atoms with Crippen molar-refractivity contribution < 1.29 is 17.6 Å². The highest BCUT2D eigenvalue weighted by molar-refractivity contribution is 7.89. The lowest BCUT2D eigenvalue weighted by Crippen LogP contribution is -2.37. The topological polar surface area (TPSA) is 101 Å². The maximum Gasteiger partial charge on any atom is 0.243 e. The molecule has 0 atom stereocenters. The Bertz CT molecular complexity index is 1180. The van der Waals surface area contributed by atoms with Crippen LogP contribution in [0.25, 0.3) is 11.4 Å². The number of halogens is 1. The number of carbonyl (C=O) groups excluding carboxylic acids is 1. The van der Waals surface area contributed by atoms with Gasteiger partial charge in [-0.15, -0.1) is 10.2 Å². The van der Waals surface area contributed by atoms with E-state index in [0.29, 0.717) is 51.3 Å². The number of rotatable bonds is 7. The molecule has 1 amide bonds. The summed E-state index contributed by atoms with van der Waals surface area (Å²) in [5.41, 5.74) is 0.879. The molecule has 4 rings (SSSR count). The lowest BCUT2D eigenvalue weighted by Gasteiger charge is -2.22. The minimum Gasteiger partial charge on any atom is -0.341 e. The summed E-state index contributed by atoms with van der Waals surface area (Å²) in [6.07, 6.45) is 1.40. The Balaban J connectivity index is 1.28. The first kappa shape index (κ1) is 23.0. The highest BCUT2D eigenvalue weighted by Gasteiger charge is 2.28. The van der Waals surface area contributed by atoms with Gasteiger partial charge in [-0.3, -0.25) is 4.79 Å². The Morgan fingerprint density at radius 3 is 2.48 bits per heavy atom. The molecule has 0 spiro atoms. The fraction of sp³-hybridized carbons (Fsp3) is 0.364. The fourth-order valence-corrected chi connectivity index (χ4v) is 5.18. The van der Waals surface area contributed by atoms with E-state index < -0.39 is 15.8 Å². The van der Waals surface area contributed by atoms with Crippen LogP contribution in [-0.2, 0) is 21.4 Å². The van der Waals surface area contributed by atoms with Gasteiger partial charge in [0.2, 0.25) is 21.8 Å². The van der Waals surface area contributed by atoms with Crippen molar-refractivity contribution in [2.75, 3.05) is 26.2 Å². The summed E-state index contributed by atoms with van der Waals surface area (Å²) in [5, 5.41) is 12.4. The molecule has 3 aromatic rings. The number of hydrogen-bond acceptors (Lipinski definition) is 6. The number of sulfonamides is 1. The molecule has 1 fully saturated rings. The average molecular weight is 473 g/mol. The molecule has 0 N–H and O–H groups in total. The van der Waals surface area contributed by atoms with Crippen LogP contribution in [-0.4, -0.2) is 69.9 Å². The van der Waals surface area contributed by atoms with Crippen molar-refractivity contribution in [1.82, 2.24) is 29.4 Å². The largest absolute Gasteiger partial charge is 0.341 e. The molecule has 0 saturated carbocycles. The van der Waals surface area contributed by atoms with E-state index in [-0.39, 0.29) is 17.3 Å². The standard InChI is InChI=1S/C22H25FN6O3S/c23-19-9-11-20(12-10-19)33(31,32)28-14-5-13-27(16-17-28)21(30)8-4-15-29-25-22(24-26-29)18-6-2-1-3-7-18/h1-3,6-7,9-12H,4-5,8,13-17H2. The van der Waals surface area contributed by atoms with Crippen molar-refractivity contribution in [2.45, 2.75) is 30.7 Å². The third-order valence-electron chi connectivity index (χ3n) is 5.49. The lowest BCUT2D eigenvalue weighted by atomic mass is 10.2. The molecule has 1 aliphatic rings. The lowest BCUT2D eigenvalue weighted by molar-refractivity contribution is -0.131. The molecule has 1 aromatic heterocycles. The molecule has 0 radical (unpaired) electrons. The maximum atomic E-state index is 13.1. The molecule has 0 bridgehead atoms. The van der Waals surface area contributed by atoms with Gasteiger partial charge in [-0.1, -0.05) is 30.3 Å². The zero-order valence-electron chi connectivity index (χ0n) is 18.0. The van der Waals surface area contributed by atoms with Crippen molar-refractivity contribution in [1.29, 1.82) is 0 Å². The van der Waals surface area contributed by atoms with Gasteiger partial charge in [0.25, 0.3) is 0 Å². The van der Waals surface area contributed by atoms with Gasteiger partial charge in [0, 0.05) is 38.2 Å². The Hall–Kier alpha value is -3.18. The van der Waals surface area contributed by atoms with Crippen LogP contribution in [0, 0.1) is 5.82 Å². The number of aryl methyl sites for hydroxylation is 1. The monoisotopic (exact) mass is 472 g/mol. The van der Waals surface area contributed by atoms with Gasteiger partial charge in [0.05, 0.1) is 11.4 Å². The van der Waals surface area contributed by atoms with Crippen molar-refractivity contribution >= 4 is 15.9 Å². The smallest absolute Gasteiger partial charge is 0.243 e. The van der Waals surface area contributed by atoms with Crippen LogP contribution in [0.3, 0.4) is 0 Å². The van der Waals surface area contributed by atoms with Crippen LogP contribution >= 0.6 is 0 Å². The van der Waals surface area contributed by atoms with Crippen LogP contribution in [0.5, 0.6) is 0 Å². The average Bonchev–Trinajstić information content (AvgIpc) is 3.14. The van der Waals surface area contributed by atoms with Crippen molar-refractivity contribution in [3.63, 3.8) is 0 Å². The summed E-state index contributed by atoms with van der Waals surface area (Å²) in [4.78, 5) is 15.9. The van der Waals surface area contributed by atoms with E-state index in [4.69, 9.17) is 0 Å². The van der Waals surface area contributed by atoms with E-state index in [2.05, 4.69) is 15.4 Å². The summed E-state index contributed by atoms with van der Waals surface area (Å²) in [6, 6.07) is 14.3. The van der Waals surface area contributed by atoms with Crippen LogP contribution in [0.4, 0.5) is 4.39 Å². The Morgan fingerprint density at radius 2 is 1.73 bits per heavy atom. The summed E-state index contributed by atoms with van der Waals surface area (Å²) in [7, 11) is -3.72. The second kappa shape index (κ2) is 10.2. The third kappa shape index (κ3) is 5.60. The Morgan fingerprint density at radius 1 is 0.970 bits per heavy atom. The number of aromatic nitrogens is 4. The van der Waals surface area contributed by atoms with Crippen LogP contribution in [0.15, 0.2) is 59.5 Å². The van der Waals surface area contributed by atoms with E-state index >= 15 is 0 Å². The van der Waals surface area contributed by atoms with Crippen molar-refractivity contribution in [3.8, 4) is 11.4 Å². The SMILES string of the molecule is O=C(CCCn1nnc(-c2ccccc2)n1)N1CCCN(S(=O)(=O)c2ccc(F)cc2)CC1. The van der Waals surface area contributed by atoms with Crippen molar-refractivity contribution in [3.05, 3.63) is 60.4 Å². The third-order valence-corrected chi connectivity index (χ3v) is 7.41. The molecule has 1 saturated heterocycles. The van der Waals surface area contributed by atoms with E-state index in [0.717, 1.165) is 17.7 Å². The van der Waals surface area contributed by atoms with Crippen LogP contribution < -0.4 is 0 Å². The normalized spacial score (nSPS) is 15.4. The summed E-state index contributed by atoms with van der Waals surface area (Å²) >= 11 is 0. The zero-order valence-corrected chi connectivity index (χ0v) is 18.9. The van der Waals surface area contributed by atoms with E-state index in [1.165, 1.54) is 21.2 Å². The molecule has 1 aliphatic heterocycles. The molecule has 0 unspecified atom stereocenters. The van der Waals surface area contributed by atoms with Gasteiger partial charge in [-0.05, 0) is 42.3 Å². The summed E-state index contributed by atoms with van der Waals surface area (Å²) < 4.78 is 40.2. The molecule has 174 valence electrons. The predicted octanol–water partition coefficient (Wildman–Crippen LogP) is 2.18. The van der Waals surface area contributed by atoms with Gasteiger partial charge < -0.3 is 4.90 Å². The van der Waals surface area contributed by atoms with Gasteiger partial charge in [-0.25, -0.2) is 12.8 Å². The number of carbonyl (C=O) groups is 1.